The van der Waals surface area contributed by atoms with Crippen LogP contribution in [0.15, 0.2) is 18.2 Å². The molecule has 1 aromatic carbocycles. The Morgan fingerprint density at radius 1 is 1.44 bits per heavy atom. The van der Waals surface area contributed by atoms with Crippen LogP contribution in [0.25, 0.3) is 0 Å². The van der Waals surface area contributed by atoms with E-state index in [1.807, 2.05) is 11.0 Å². The second-order valence-electron chi connectivity index (χ2n) is 4.67. The zero-order chi connectivity index (χ0) is 12.3. The van der Waals surface area contributed by atoms with Crippen molar-refractivity contribution in [3.8, 4) is 0 Å². The van der Waals surface area contributed by atoms with Crippen LogP contribution < -0.4 is 0 Å². The molecule has 1 radical (unpaired) electrons. The van der Waals surface area contributed by atoms with Gasteiger partial charge in [0.15, 0.2) is 0 Å². The zero-order valence-electron chi connectivity index (χ0n) is 11.0. The van der Waals surface area contributed by atoms with E-state index in [1.54, 1.807) is 0 Å². The first-order chi connectivity index (χ1) is 8.16. The van der Waals surface area contributed by atoms with Crippen LogP contribution in [0.1, 0.15) is 30.9 Å². The molecule has 1 amide bonds. The van der Waals surface area contributed by atoms with Gasteiger partial charge in [-0.2, -0.15) is 29.8 Å². The average molecular weight is 321 g/mol. The van der Waals surface area contributed by atoms with Crippen LogP contribution in [0.4, 0.5) is 0 Å². The van der Waals surface area contributed by atoms with Crippen molar-refractivity contribution in [1.29, 1.82) is 0 Å². The third-order valence-corrected chi connectivity index (χ3v) is 2.98. The van der Waals surface area contributed by atoms with E-state index in [1.165, 1.54) is 5.56 Å². The Balaban J connectivity index is 0.00000162. The molecule has 0 atom stereocenters. The normalized spacial score (nSPS) is 15.7. The molecule has 0 aromatic heterocycles. The van der Waals surface area contributed by atoms with Crippen molar-refractivity contribution >= 4 is 5.91 Å². The first-order valence-electron chi connectivity index (χ1n) is 6.03. The smallest absolute Gasteiger partial charge is 0.247 e. The van der Waals surface area contributed by atoms with Gasteiger partial charge < -0.3 is 9.64 Å². The van der Waals surface area contributed by atoms with Gasteiger partial charge in [0.1, 0.15) is 6.61 Å². The number of amides is 1. The molecule has 0 spiro atoms. The molecule has 1 heterocycles. The number of carbonyl (C=O) groups is 1. The maximum absolute atomic E-state index is 11.6. The van der Waals surface area contributed by atoms with Gasteiger partial charge in [-0.25, -0.2) is 0 Å². The standard InChI is InChI=1S/C14H18NO2.Y/c1-11(2)13-5-3-12(4-6-13)9-15-7-8-17-10-14(15)16;/h3-5,11H,7-10H2,1-2H3;/q-1;. The van der Waals surface area contributed by atoms with Crippen molar-refractivity contribution in [2.24, 2.45) is 0 Å². The maximum atomic E-state index is 11.6. The summed E-state index contributed by atoms with van der Waals surface area (Å²) in [6.07, 6.45) is 0. The fourth-order valence-corrected chi connectivity index (χ4v) is 1.86. The van der Waals surface area contributed by atoms with Crippen LogP contribution in [0.3, 0.4) is 0 Å². The molecule has 18 heavy (non-hydrogen) atoms. The van der Waals surface area contributed by atoms with Gasteiger partial charge in [0, 0.05) is 45.8 Å². The molecule has 1 aromatic rings. The van der Waals surface area contributed by atoms with Crippen molar-refractivity contribution in [2.45, 2.75) is 26.3 Å². The monoisotopic (exact) mass is 321 g/mol. The predicted molar refractivity (Wildman–Crippen MR) is 65.6 cm³/mol. The Hall–Kier alpha value is -0.246. The summed E-state index contributed by atoms with van der Waals surface area (Å²) in [4.78, 5) is 13.4. The Morgan fingerprint density at radius 3 is 2.78 bits per heavy atom. The third kappa shape index (κ3) is 4.15. The third-order valence-electron chi connectivity index (χ3n) is 2.98. The molecule has 1 fully saturated rings. The minimum atomic E-state index is 0. The Morgan fingerprint density at radius 2 is 2.22 bits per heavy atom. The molecule has 1 aliphatic heterocycles. The van der Waals surface area contributed by atoms with E-state index in [0.717, 1.165) is 5.56 Å². The molecule has 0 aliphatic carbocycles. The number of nitrogens with zero attached hydrogens (tertiary/aromatic N) is 1. The minimum absolute atomic E-state index is 0. The molecular weight excluding hydrogens is 303 g/mol. The number of morpholine rings is 1. The Labute approximate surface area is 134 Å². The van der Waals surface area contributed by atoms with Gasteiger partial charge in [-0.05, 0) is 5.92 Å². The van der Waals surface area contributed by atoms with Gasteiger partial charge in [0.2, 0.25) is 5.91 Å². The van der Waals surface area contributed by atoms with Crippen LogP contribution in [0, 0.1) is 6.07 Å². The summed E-state index contributed by atoms with van der Waals surface area (Å²) in [5.41, 5.74) is 2.34. The van der Waals surface area contributed by atoms with E-state index < -0.39 is 0 Å². The summed E-state index contributed by atoms with van der Waals surface area (Å²) in [7, 11) is 0. The van der Waals surface area contributed by atoms with Crippen LogP contribution in [-0.4, -0.2) is 30.6 Å². The van der Waals surface area contributed by atoms with Gasteiger partial charge in [-0.3, -0.25) is 4.79 Å². The number of benzene rings is 1. The second-order valence-corrected chi connectivity index (χ2v) is 4.67. The van der Waals surface area contributed by atoms with E-state index in [0.29, 0.717) is 25.6 Å². The minimum Gasteiger partial charge on any atom is -0.370 e. The van der Waals surface area contributed by atoms with E-state index in [4.69, 9.17) is 4.74 Å². The summed E-state index contributed by atoms with van der Waals surface area (Å²) in [5, 5.41) is 0. The zero-order valence-corrected chi connectivity index (χ0v) is 13.8. The molecule has 1 saturated heterocycles. The molecular formula is C14H18NO2Y-. The van der Waals surface area contributed by atoms with Gasteiger partial charge in [0.25, 0.3) is 0 Å². The van der Waals surface area contributed by atoms with Crippen LogP contribution >= 0.6 is 0 Å². The number of carbonyl (C=O) groups excluding carboxylic acids is 1. The van der Waals surface area contributed by atoms with Crippen molar-refractivity contribution in [1.82, 2.24) is 4.90 Å². The fraction of sp³-hybridized carbons (Fsp3) is 0.500. The van der Waals surface area contributed by atoms with Crippen molar-refractivity contribution in [2.75, 3.05) is 19.8 Å². The number of hydrogen-bond acceptors (Lipinski definition) is 2. The van der Waals surface area contributed by atoms with Gasteiger partial charge in [-0.15, -0.1) is 5.56 Å². The van der Waals surface area contributed by atoms with Gasteiger partial charge in [0.05, 0.1) is 6.61 Å². The van der Waals surface area contributed by atoms with Crippen LogP contribution in [0.5, 0.6) is 0 Å². The summed E-state index contributed by atoms with van der Waals surface area (Å²) >= 11 is 0. The van der Waals surface area contributed by atoms with Crippen LogP contribution in [0.2, 0.25) is 0 Å². The Bertz CT molecular complexity index is 389. The summed E-state index contributed by atoms with van der Waals surface area (Å²) in [5.74, 6) is 0.568. The first-order valence-corrected chi connectivity index (χ1v) is 6.03. The van der Waals surface area contributed by atoms with E-state index in [9.17, 15) is 4.79 Å². The summed E-state index contributed by atoms with van der Waals surface area (Å²) in [6.45, 7) is 6.50. The average Bonchev–Trinajstić information content (AvgIpc) is 2.33. The first kappa shape index (κ1) is 15.8. The summed E-state index contributed by atoms with van der Waals surface area (Å²) in [6, 6.07) is 9.42. The number of ether oxygens (including phenoxy) is 1. The van der Waals surface area contributed by atoms with Gasteiger partial charge >= 0.3 is 0 Å². The maximum Gasteiger partial charge on any atom is 0.247 e. The van der Waals surface area contributed by atoms with E-state index in [-0.39, 0.29) is 45.2 Å². The molecule has 3 nitrogen and oxygen atoms in total. The molecule has 0 N–H and O–H groups in total. The second kappa shape index (κ2) is 7.37. The molecule has 4 heteroatoms. The molecule has 95 valence electrons. The quantitative estimate of drug-likeness (QED) is 0.797. The van der Waals surface area contributed by atoms with Crippen LogP contribution in [-0.2, 0) is 48.8 Å². The largest absolute Gasteiger partial charge is 0.370 e. The van der Waals surface area contributed by atoms with Crippen molar-refractivity contribution in [3.05, 3.63) is 35.4 Å². The Kier molecular flexibility index (Phi) is 6.47. The summed E-state index contributed by atoms with van der Waals surface area (Å²) < 4.78 is 5.10. The molecule has 2 rings (SSSR count). The SMILES string of the molecule is CC(C)c1[c-]cc(CN2CCOCC2=O)cc1.[Y]. The van der Waals surface area contributed by atoms with E-state index in [2.05, 4.69) is 32.0 Å². The van der Waals surface area contributed by atoms with Crippen molar-refractivity contribution < 1.29 is 42.2 Å². The molecule has 0 saturated carbocycles. The topological polar surface area (TPSA) is 29.5 Å². The molecule has 0 unspecified atom stereocenters. The van der Waals surface area contributed by atoms with Gasteiger partial charge in [-0.1, -0.05) is 13.8 Å². The van der Waals surface area contributed by atoms with E-state index >= 15 is 0 Å². The number of hydrogen-bond donors (Lipinski definition) is 0. The fourth-order valence-electron chi connectivity index (χ4n) is 1.86. The number of rotatable bonds is 3. The van der Waals surface area contributed by atoms with Crippen molar-refractivity contribution in [3.63, 3.8) is 0 Å². The molecule has 1 aliphatic rings. The predicted octanol–water partition coefficient (Wildman–Crippen LogP) is 1.97. The molecule has 0 bridgehead atoms.